The third kappa shape index (κ3) is 4.92. The Bertz CT molecular complexity index is 620. The Kier molecular flexibility index (Phi) is 6.11. The van der Waals surface area contributed by atoms with Crippen molar-refractivity contribution in [2.75, 3.05) is 25.9 Å². The summed E-state index contributed by atoms with van der Waals surface area (Å²) in [5.74, 6) is -0.238. The largest absolute Gasteiger partial charge is 0.354 e. The zero-order valence-electron chi connectivity index (χ0n) is 15.7. The lowest BCUT2D eigenvalue weighted by Crippen LogP contribution is -2.64. The second-order valence-corrected chi connectivity index (χ2v) is 9.45. The first-order chi connectivity index (χ1) is 11.5. The highest BCUT2D eigenvalue weighted by atomic mass is 32.2. The average Bonchev–Trinajstić information content (AvgIpc) is 2.86. The number of sulfonamides is 1. The Hall–Kier alpha value is -1.19. The zero-order chi connectivity index (χ0) is 18.9. The normalized spacial score (nSPS) is 27.9. The second-order valence-electron chi connectivity index (χ2n) is 7.67. The van der Waals surface area contributed by atoms with Crippen LogP contribution in [0.25, 0.3) is 0 Å². The number of carbonyl (C=O) groups is 2. The molecule has 144 valence electrons. The van der Waals surface area contributed by atoms with Gasteiger partial charge in [0.25, 0.3) is 0 Å². The summed E-state index contributed by atoms with van der Waals surface area (Å²) in [6, 6.07) is -0.488. The summed E-state index contributed by atoms with van der Waals surface area (Å²) in [5.41, 5.74) is 0. The fraction of sp³-hybridized carbons (Fsp3) is 0.875. The van der Waals surface area contributed by atoms with Gasteiger partial charge in [-0.15, -0.1) is 0 Å². The highest BCUT2D eigenvalue weighted by Crippen LogP contribution is 2.27. The molecule has 0 aromatic heterocycles. The molecular weight excluding hydrogens is 344 g/mol. The van der Waals surface area contributed by atoms with Crippen LogP contribution in [0.4, 0.5) is 0 Å². The minimum absolute atomic E-state index is 0.00574. The Labute approximate surface area is 150 Å². The van der Waals surface area contributed by atoms with E-state index in [1.165, 1.54) is 0 Å². The van der Waals surface area contributed by atoms with Gasteiger partial charge in [-0.1, -0.05) is 13.8 Å². The van der Waals surface area contributed by atoms with Gasteiger partial charge in [0.2, 0.25) is 21.8 Å². The van der Waals surface area contributed by atoms with Crippen LogP contribution in [0.15, 0.2) is 0 Å². The molecule has 8 nitrogen and oxygen atoms in total. The van der Waals surface area contributed by atoms with Crippen molar-refractivity contribution in [3.05, 3.63) is 0 Å². The van der Waals surface area contributed by atoms with Crippen LogP contribution in [0.3, 0.4) is 0 Å². The van der Waals surface area contributed by atoms with E-state index in [9.17, 15) is 18.0 Å². The van der Waals surface area contributed by atoms with Crippen molar-refractivity contribution in [3.8, 4) is 0 Å². The minimum Gasteiger partial charge on any atom is -0.354 e. The molecule has 2 rings (SSSR count). The number of nitrogens with zero attached hydrogens (tertiary/aromatic N) is 2. The van der Waals surface area contributed by atoms with Crippen LogP contribution >= 0.6 is 0 Å². The van der Waals surface area contributed by atoms with E-state index in [2.05, 4.69) is 14.9 Å². The Morgan fingerprint density at radius 1 is 1.24 bits per heavy atom. The number of amides is 2. The van der Waals surface area contributed by atoms with Crippen LogP contribution in [0, 0.1) is 5.92 Å². The van der Waals surface area contributed by atoms with E-state index in [4.69, 9.17) is 0 Å². The summed E-state index contributed by atoms with van der Waals surface area (Å²) >= 11 is 0. The number of hydrogen-bond acceptors (Lipinski definition) is 5. The zero-order valence-corrected chi connectivity index (χ0v) is 16.5. The smallest absolute Gasteiger partial charge is 0.242 e. The SMILES string of the molecule is CC(C)C(=O)NC[C@H]1C(=O)N2C[C@@H](NS(C)(=O)=O)C[C@H]2CN1C(C)C. The number of hydrogen-bond donors (Lipinski definition) is 2. The van der Waals surface area contributed by atoms with Gasteiger partial charge < -0.3 is 10.2 Å². The van der Waals surface area contributed by atoms with Gasteiger partial charge in [0.15, 0.2) is 0 Å². The fourth-order valence-corrected chi connectivity index (χ4v) is 4.40. The second kappa shape index (κ2) is 7.59. The molecule has 25 heavy (non-hydrogen) atoms. The average molecular weight is 375 g/mol. The van der Waals surface area contributed by atoms with Crippen molar-refractivity contribution < 1.29 is 18.0 Å². The summed E-state index contributed by atoms with van der Waals surface area (Å²) in [6.45, 7) is 9.04. The maximum atomic E-state index is 13.0. The van der Waals surface area contributed by atoms with Gasteiger partial charge in [-0.2, -0.15) is 0 Å². The van der Waals surface area contributed by atoms with Gasteiger partial charge >= 0.3 is 0 Å². The topological polar surface area (TPSA) is 98.8 Å². The number of carbonyl (C=O) groups excluding carboxylic acids is 2. The van der Waals surface area contributed by atoms with E-state index >= 15 is 0 Å². The van der Waals surface area contributed by atoms with E-state index < -0.39 is 16.1 Å². The number of rotatable bonds is 6. The molecular formula is C16H30N4O4S. The van der Waals surface area contributed by atoms with E-state index in [0.29, 0.717) is 19.5 Å². The fourth-order valence-electron chi connectivity index (χ4n) is 3.63. The highest BCUT2D eigenvalue weighted by Gasteiger charge is 2.46. The van der Waals surface area contributed by atoms with E-state index in [1.807, 2.05) is 27.7 Å². The maximum Gasteiger partial charge on any atom is 0.242 e. The first-order valence-electron chi connectivity index (χ1n) is 8.80. The molecule has 0 bridgehead atoms. The molecule has 3 atom stereocenters. The standard InChI is InChI=1S/C16H30N4O4S/c1-10(2)15(21)17-7-14-16(22)20-8-12(18-25(5,23)24)6-13(20)9-19(14)11(3)4/h10-14,18H,6-9H2,1-5H3,(H,17,21)/t12-,13-,14-/m0/s1. The lowest BCUT2D eigenvalue weighted by molar-refractivity contribution is -0.145. The molecule has 2 N–H and O–H groups in total. The van der Waals surface area contributed by atoms with Crippen LogP contribution in [0.1, 0.15) is 34.1 Å². The molecule has 2 saturated heterocycles. The molecule has 0 spiro atoms. The van der Waals surface area contributed by atoms with Crippen molar-refractivity contribution in [2.45, 2.75) is 58.3 Å². The van der Waals surface area contributed by atoms with Crippen molar-refractivity contribution >= 4 is 21.8 Å². The predicted molar refractivity (Wildman–Crippen MR) is 95.4 cm³/mol. The van der Waals surface area contributed by atoms with Crippen LogP contribution in [-0.2, 0) is 19.6 Å². The van der Waals surface area contributed by atoms with Crippen molar-refractivity contribution in [3.63, 3.8) is 0 Å². The maximum absolute atomic E-state index is 13.0. The summed E-state index contributed by atoms with van der Waals surface area (Å²) in [6.07, 6.45) is 1.75. The lowest BCUT2D eigenvalue weighted by Gasteiger charge is -2.44. The van der Waals surface area contributed by atoms with Crippen molar-refractivity contribution in [2.24, 2.45) is 5.92 Å². The Morgan fingerprint density at radius 2 is 1.88 bits per heavy atom. The van der Waals surface area contributed by atoms with Crippen molar-refractivity contribution in [1.29, 1.82) is 0 Å². The molecule has 2 aliphatic rings. The number of fused-ring (bicyclic) bond motifs is 1. The van der Waals surface area contributed by atoms with Crippen LogP contribution < -0.4 is 10.0 Å². The molecule has 2 fully saturated rings. The van der Waals surface area contributed by atoms with E-state index in [0.717, 1.165) is 6.26 Å². The van der Waals surface area contributed by atoms with Gasteiger partial charge in [-0.3, -0.25) is 14.5 Å². The van der Waals surface area contributed by atoms with Gasteiger partial charge in [-0.05, 0) is 20.3 Å². The van der Waals surface area contributed by atoms with Gasteiger partial charge in [0.05, 0.1) is 6.26 Å². The monoisotopic (exact) mass is 374 g/mol. The third-order valence-corrected chi connectivity index (χ3v) is 5.60. The minimum atomic E-state index is -3.30. The number of piperazine rings is 1. The van der Waals surface area contributed by atoms with Crippen LogP contribution in [0.5, 0.6) is 0 Å². The molecule has 0 saturated carbocycles. The van der Waals surface area contributed by atoms with E-state index in [-0.39, 0.29) is 42.4 Å². The molecule has 9 heteroatoms. The summed E-state index contributed by atoms with van der Waals surface area (Å²) in [4.78, 5) is 28.7. The molecule has 2 aliphatic heterocycles. The van der Waals surface area contributed by atoms with E-state index in [1.54, 1.807) is 4.90 Å². The summed E-state index contributed by atoms with van der Waals surface area (Å²) in [7, 11) is -3.30. The first kappa shape index (κ1) is 20.1. The molecule has 2 amide bonds. The quantitative estimate of drug-likeness (QED) is 0.645. The lowest BCUT2D eigenvalue weighted by atomic mass is 10.0. The van der Waals surface area contributed by atoms with Crippen LogP contribution in [0.2, 0.25) is 0 Å². The first-order valence-corrected chi connectivity index (χ1v) is 10.7. The highest BCUT2D eigenvalue weighted by molar-refractivity contribution is 7.88. The van der Waals surface area contributed by atoms with Crippen molar-refractivity contribution in [1.82, 2.24) is 19.8 Å². The summed E-state index contributed by atoms with van der Waals surface area (Å²) < 4.78 is 25.6. The molecule has 2 heterocycles. The van der Waals surface area contributed by atoms with Gasteiger partial charge in [0, 0.05) is 43.7 Å². The molecule has 0 aromatic carbocycles. The molecule has 0 radical (unpaired) electrons. The Morgan fingerprint density at radius 3 is 2.40 bits per heavy atom. The Balaban J connectivity index is 2.10. The predicted octanol–water partition coefficient (Wildman–Crippen LogP) is -0.630. The third-order valence-electron chi connectivity index (χ3n) is 4.84. The van der Waals surface area contributed by atoms with Gasteiger partial charge in [-0.25, -0.2) is 13.1 Å². The molecule has 0 unspecified atom stereocenters. The molecule has 0 aliphatic carbocycles. The number of nitrogens with one attached hydrogen (secondary N) is 2. The summed E-state index contributed by atoms with van der Waals surface area (Å²) in [5, 5.41) is 2.86. The van der Waals surface area contributed by atoms with Crippen LogP contribution in [-0.4, -0.2) is 80.1 Å². The van der Waals surface area contributed by atoms with Gasteiger partial charge in [0.1, 0.15) is 6.04 Å². The molecule has 0 aromatic rings.